The molecule has 3 aromatic rings. The van der Waals surface area contributed by atoms with E-state index in [1.165, 1.54) is 21.8 Å². The van der Waals surface area contributed by atoms with E-state index in [1.54, 1.807) is 23.6 Å². The normalized spacial score (nSPS) is 14.3. The van der Waals surface area contributed by atoms with Crippen molar-refractivity contribution >= 4 is 18.6 Å². The fraction of sp³-hybridized carbons (Fsp3) is 0.375. The number of hydrogen-bond donors (Lipinski definition) is 0. The van der Waals surface area contributed by atoms with E-state index in [0.29, 0.717) is 36.7 Å². The van der Waals surface area contributed by atoms with E-state index in [2.05, 4.69) is 31.9 Å². The van der Waals surface area contributed by atoms with Crippen molar-refractivity contribution in [1.29, 1.82) is 5.26 Å². The maximum atomic E-state index is 14.7. The number of nitriles is 1. The molecule has 4 rings (SSSR count). The Balaban J connectivity index is 1.50. The summed E-state index contributed by atoms with van der Waals surface area (Å²) in [7, 11) is 0. The number of piperazine rings is 1. The number of benzene rings is 1. The Kier molecular flexibility index (Phi) is 7.37. The molecule has 2 aromatic heterocycles. The molecule has 0 N–H and O–H groups in total. The summed E-state index contributed by atoms with van der Waals surface area (Å²) in [5.74, 6) is 0.282. The van der Waals surface area contributed by atoms with E-state index < -0.39 is 23.7 Å². The van der Waals surface area contributed by atoms with Gasteiger partial charge >= 0.3 is 6.03 Å². The molecule has 11 nitrogen and oxygen atoms in total. The van der Waals surface area contributed by atoms with Gasteiger partial charge in [0.1, 0.15) is 17.5 Å². The third kappa shape index (κ3) is 5.23. The number of nitrogens with zero attached hydrogens (tertiary/aromatic N) is 10. The standard InChI is InChI=1S/C24H26F2N10O/c1-5-21(18-10-17(13-27)11-19(25)12-18)36(28-4)24(37)34-8-6-33(7-9-34)22-20(26)14-29-23(31-22)35-16(3)30-15(2)32-35/h10-12,14,21H,4-9H2,1-3H3/t21-/m0/s1. The van der Waals surface area contributed by atoms with Crippen LogP contribution in [0, 0.1) is 36.8 Å². The molecular weight excluding hydrogens is 482 g/mol. The Bertz CT molecular complexity index is 1360. The lowest BCUT2D eigenvalue weighted by Gasteiger charge is -2.38. The van der Waals surface area contributed by atoms with Crippen molar-refractivity contribution < 1.29 is 13.6 Å². The molecular formula is C24H26F2N10O. The third-order valence-corrected chi connectivity index (χ3v) is 6.09. The van der Waals surface area contributed by atoms with Gasteiger partial charge in [-0.05, 0) is 44.0 Å². The number of carbonyl (C=O) groups is 1. The number of rotatable bonds is 6. The summed E-state index contributed by atoms with van der Waals surface area (Å²) in [5, 5.41) is 18.6. The number of halogens is 2. The van der Waals surface area contributed by atoms with Gasteiger partial charge in [-0.1, -0.05) is 6.92 Å². The molecule has 1 aliphatic rings. The minimum absolute atomic E-state index is 0.110. The van der Waals surface area contributed by atoms with Crippen molar-refractivity contribution in [1.82, 2.24) is 34.6 Å². The van der Waals surface area contributed by atoms with Crippen LogP contribution in [0.3, 0.4) is 0 Å². The smallest absolute Gasteiger partial charge is 0.341 e. The average molecular weight is 509 g/mol. The number of aromatic nitrogens is 5. The first-order chi connectivity index (χ1) is 17.7. The van der Waals surface area contributed by atoms with Gasteiger partial charge < -0.3 is 9.80 Å². The summed E-state index contributed by atoms with van der Waals surface area (Å²) in [5.41, 5.74) is 0.605. The summed E-state index contributed by atoms with van der Waals surface area (Å²) < 4.78 is 30.2. The summed E-state index contributed by atoms with van der Waals surface area (Å²) >= 11 is 0. The highest BCUT2D eigenvalue weighted by Gasteiger charge is 2.31. The maximum Gasteiger partial charge on any atom is 0.341 e. The van der Waals surface area contributed by atoms with Gasteiger partial charge in [0.15, 0.2) is 11.6 Å². The van der Waals surface area contributed by atoms with Crippen LogP contribution in [0.1, 0.15) is 42.2 Å². The molecule has 3 heterocycles. The number of carbonyl (C=O) groups excluding carboxylic acids is 1. The molecule has 0 spiro atoms. The van der Waals surface area contributed by atoms with Crippen molar-refractivity contribution in [2.75, 3.05) is 31.1 Å². The van der Waals surface area contributed by atoms with Gasteiger partial charge in [-0.15, -0.1) is 5.10 Å². The Labute approximate surface area is 212 Å². The van der Waals surface area contributed by atoms with Crippen LogP contribution in [0.25, 0.3) is 5.95 Å². The number of anilines is 1. The van der Waals surface area contributed by atoms with Crippen LogP contribution in [0.2, 0.25) is 0 Å². The van der Waals surface area contributed by atoms with Crippen molar-refractivity contribution in [3.05, 3.63) is 58.8 Å². The summed E-state index contributed by atoms with van der Waals surface area (Å²) in [6.45, 7) is 10.0. The Hall–Kier alpha value is -4.47. The van der Waals surface area contributed by atoms with E-state index in [1.807, 2.05) is 13.0 Å². The fourth-order valence-electron chi connectivity index (χ4n) is 4.35. The molecule has 1 atom stereocenters. The summed E-state index contributed by atoms with van der Waals surface area (Å²) in [4.78, 5) is 29.3. The SMILES string of the molecule is C=NN(C(=O)N1CCN(c2nc(-n3nc(C)nc3C)ncc2F)CC1)[C@@H](CC)c1cc(F)cc(C#N)c1. The van der Waals surface area contributed by atoms with E-state index in [4.69, 9.17) is 0 Å². The summed E-state index contributed by atoms with van der Waals surface area (Å²) in [6, 6.07) is 4.85. The highest BCUT2D eigenvalue weighted by atomic mass is 19.1. The van der Waals surface area contributed by atoms with Crippen LogP contribution < -0.4 is 4.90 Å². The zero-order valence-corrected chi connectivity index (χ0v) is 20.8. The molecule has 37 heavy (non-hydrogen) atoms. The summed E-state index contributed by atoms with van der Waals surface area (Å²) in [6.07, 6.45) is 1.52. The number of aryl methyl sites for hydroxylation is 2. The van der Waals surface area contributed by atoms with Gasteiger partial charge in [0.05, 0.1) is 23.9 Å². The van der Waals surface area contributed by atoms with Crippen LogP contribution in [0.4, 0.5) is 19.4 Å². The van der Waals surface area contributed by atoms with Gasteiger partial charge in [-0.25, -0.2) is 28.6 Å². The molecule has 1 fully saturated rings. The largest absolute Gasteiger partial charge is 0.350 e. The monoisotopic (exact) mass is 508 g/mol. The van der Waals surface area contributed by atoms with Crippen molar-refractivity contribution in [2.24, 2.45) is 5.10 Å². The van der Waals surface area contributed by atoms with E-state index in [-0.39, 0.29) is 30.4 Å². The van der Waals surface area contributed by atoms with Crippen molar-refractivity contribution in [2.45, 2.75) is 33.2 Å². The van der Waals surface area contributed by atoms with Gasteiger partial charge in [0.2, 0.25) is 0 Å². The van der Waals surface area contributed by atoms with Gasteiger partial charge in [0.25, 0.3) is 5.95 Å². The minimum Gasteiger partial charge on any atom is -0.350 e. The topological polar surface area (TPSA) is 119 Å². The number of hydrazone groups is 1. The van der Waals surface area contributed by atoms with E-state index in [0.717, 1.165) is 12.3 Å². The van der Waals surface area contributed by atoms with Crippen LogP contribution in [0.5, 0.6) is 0 Å². The first-order valence-corrected chi connectivity index (χ1v) is 11.7. The molecule has 1 saturated heterocycles. The first kappa shape index (κ1) is 25.6. The zero-order chi connectivity index (χ0) is 26.7. The van der Waals surface area contributed by atoms with Gasteiger partial charge in [-0.3, -0.25) is 0 Å². The average Bonchev–Trinajstić information content (AvgIpc) is 3.24. The maximum absolute atomic E-state index is 14.7. The van der Waals surface area contributed by atoms with Crippen LogP contribution in [0.15, 0.2) is 29.5 Å². The van der Waals surface area contributed by atoms with Crippen molar-refractivity contribution in [3.63, 3.8) is 0 Å². The molecule has 1 aromatic carbocycles. The van der Waals surface area contributed by atoms with Crippen LogP contribution >= 0.6 is 0 Å². The fourth-order valence-corrected chi connectivity index (χ4v) is 4.35. The molecule has 192 valence electrons. The highest BCUT2D eigenvalue weighted by Crippen LogP contribution is 2.28. The molecule has 2 amide bonds. The molecule has 1 aliphatic heterocycles. The molecule has 0 bridgehead atoms. The molecule has 0 unspecified atom stereocenters. The number of hydrogen-bond acceptors (Lipinski definition) is 8. The van der Waals surface area contributed by atoms with Crippen molar-refractivity contribution in [3.8, 4) is 12.0 Å². The minimum atomic E-state index is -0.609. The lowest BCUT2D eigenvalue weighted by Crippen LogP contribution is -2.52. The molecule has 0 aliphatic carbocycles. The lowest BCUT2D eigenvalue weighted by atomic mass is 10.0. The molecule has 0 radical (unpaired) electrons. The number of urea groups is 1. The zero-order valence-electron chi connectivity index (χ0n) is 20.8. The Morgan fingerprint density at radius 2 is 1.95 bits per heavy atom. The number of amides is 2. The van der Waals surface area contributed by atoms with E-state index in [9.17, 15) is 18.8 Å². The second-order valence-electron chi connectivity index (χ2n) is 8.51. The second-order valence-corrected chi connectivity index (χ2v) is 8.51. The third-order valence-electron chi connectivity index (χ3n) is 6.09. The first-order valence-electron chi connectivity index (χ1n) is 11.7. The quantitative estimate of drug-likeness (QED) is 0.371. The van der Waals surface area contributed by atoms with Gasteiger partial charge in [0, 0.05) is 32.9 Å². The van der Waals surface area contributed by atoms with E-state index >= 15 is 0 Å². The highest BCUT2D eigenvalue weighted by molar-refractivity contribution is 5.75. The Morgan fingerprint density at radius 1 is 1.22 bits per heavy atom. The van der Waals surface area contributed by atoms with Crippen LogP contribution in [-0.2, 0) is 0 Å². The molecule has 0 saturated carbocycles. The predicted molar refractivity (Wildman–Crippen MR) is 131 cm³/mol. The predicted octanol–water partition coefficient (Wildman–Crippen LogP) is 3.13. The Morgan fingerprint density at radius 3 is 2.54 bits per heavy atom. The second kappa shape index (κ2) is 10.7. The molecule has 13 heteroatoms. The van der Waals surface area contributed by atoms with Crippen LogP contribution in [-0.4, -0.2) is 73.6 Å². The lowest BCUT2D eigenvalue weighted by molar-refractivity contribution is 0.131. The van der Waals surface area contributed by atoms with Gasteiger partial charge in [-0.2, -0.15) is 20.0 Å².